The lowest BCUT2D eigenvalue weighted by Gasteiger charge is -2.38. The van der Waals surface area contributed by atoms with Crippen LogP contribution in [0, 0.1) is 11.7 Å². The van der Waals surface area contributed by atoms with Crippen LogP contribution in [0.4, 0.5) is 22.4 Å². The molecule has 0 saturated carbocycles. The van der Waals surface area contributed by atoms with E-state index in [0.717, 1.165) is 19.2 Å². The summed E-state index contributed by atoms with van der Waals surface area (Å²) in [6.07, 6.45) is -5.79. The van der Waals surface area contributed by atoms with Gasteiger partial charge in [-0.05, 0) is 31.9 Å². The van der Waals surface area contributed by atoms with Crippen LogP contribution in [0.2, 0.25) is 0 Å². The maximum atomic E-state index is 14.5. The van der Waals surface area contributed by atoms with Crippen molar-refractivity contribution in [2.24, 2.45) is 5.92 Å². The maximum Gasteiger partial charge on any atom is 0.416 e. The molecular weight excluding hydrogens is 398 g/mol. The fraction of sp³-hybridized carbons (Fsp3) is 0.526. The van der Waals surface area contributed by atoms with Crippen molar-refractivity contribution in [1.29, 1.82) is 0 Å². The van der Waals surface area contributed by atoms with Gasteiger partial charge < -0.3 is 14.4 Å². The van der Waals surface area contributed by atoms with Gasteiger partial charge in [-0.2, -0.15) is 13.2 Å². The standard InChI is InChI=1S/C19H21F4NO5/c1-3-29-17(26)10-16(25)11-6-7-24(18(27)28-2)15(8-11)13-5-4-12(9-14(13)20)19(21,22)23/h4-5,9,11,15H,3,6-8,10H2,1-2H3/t11-,15+/m1/s1. The Morgan fingerprint density at radius 1 is 1.24 bits per heavy atom. The highest BCUT2D eigenvalue weighted by Gasteiger charge is 2.39. The van der Waals surface area contributed by atoms with Crippen LogP contribution in [0.15, 0.2) is 18.2 Å². The maximum absolute atomic E-state index is 14.5. The van der Waals surface area contributed by atoms with E-state index in [1.807, 2.05) is 0 Å². The van der Waals surface area contributed by atoms with Crippen molar-refractivity contribution in [3.8, 4) is 0 Å². The summed E-state index contributed by atoms with van der Waals surface area (Å²) < 4.78 is 62.4. The average molecular weight is 419 g/mol. The predicted molar refractivity (Wildman–Crippen MR) is 92.2 cm³/mol. The summed E-state index contributed by atoms with van der Waals surface area (Å²) >= 11 is 0. The van der Waals surface area contributed by atoms with Crippen molar-refractivity contribution in [2.75, 3.05) is 20.3 Å². The van der Waals surface area contributed by atoms with E-state index < -0.39 is 53.8 Å². The molecule has 0 aliphatic carbocycles. The molecule has 1 fully saturated rings. The predicted octanol–water partition coefficient (Wildman–Crippen LogP) is 3.89. The third-order valence-corrected chi connectivity index (χ3v) is 4.78. The summed E-state index contributed by atoms with van der Waals surface area (Å²) in [6, 6.07) is 1.03. The van der Waals surface area contributed by atoms with Crippen molar-refractivity contribution in [1.82, 2.24) is 4.90 Å². The van der Waals surface area contributed by atoms with Crippen LogP contribution >= 0.6 is 0 Å². The summed E-state index contributed by atoms with van der Waals surface area (Å²) in [5.41, 5.74) is -1.31. The van der Waals surface area contributed by atoms with Gasteiger partial charge in [-0.15, -0.1) is 0 Å². The van der Waals surface area contributed by atoms with Crippen LogP contribution in [-0.4, -0.2) is 43.0 Å². The van der Waals surface area contributed by atoms with Gasteiger partial charge in [0.05, 0.1) is 25.3 Å². The molecule has 1 heterocycles. The number of methoxy groups -OCH3 is 1. The number of likely N-dealkylation sites (tertiary alicyclic amines) is 1. The van der Waals surface area contributed by atoms with Crippen molar-refractivity contribution in [2.45, 2.75) is 38.4 Å². The van der Waals surface area contributed by atoms with Gasteiger partial charge in [-0.1, -0.05) is 6.07 Å². The lowest BCUT2D eigenvalue weighted by Crippen LogP contribution is -2.43. The number of esters is 1. The lowest BCUT2D eigenvalue weighted by molar-refractivity contribution is -0.146. The molecule has 0 bridgehead atoms. The Hall–Kier alpha value is -2.65. The Labute approximate surface area is 164 Å². The summed E-state index contributed by atoms with van der Waals surface area (Å²) in [4.78, 5) is 37.2. The normalized spacial score (nSPS) is 19.6. The number of benzene rings is 1. The summed E-state index contributed by atoms with van der Waals surface area (Å²) in [5, 5.41) is 0. The lowest BCUT2D eigenvalue weighted by atomic mass is 9.83. The smallest absolute Gasteiger partial charge is 0.416 e. The van der Waals surface area contributed by atoms with E-state index in [1.54, 1.807) is 6.92 Å². The number of ketones is 1. The number of hydrogen-bond donors (Lipinski definition) is 0. The number of Topliss-reactive ketones (excluding diaryl/α,β-unsaturated/α-hetero) is 1. The third-order valence-electron chi connectivity index (χ3n) is 4.78. The number of carbonyl (C=O) groups is 3. The number of rotatable bonds is 5. The van der Waals surface area contributed by atoms with Gasteiger partial charge >= 0.3 is 18.2 Å². The van der Waals surface area contributed by atoms with Crippen molar-refractivity contribution >= 4 is 17.8 Å². The number of amides is 1. The molecule has 2 atom stereocenters. The molecule has 0 spiro atoms. The number of nitrogens with zero attached hydrogens (tertiary/aromatic N) is 1. The molecule has 1 saturated heterocycles. The van der Waals surface area contributed by atoms with Crippen LogP contribution < -0.4 is 0 Å². The summed E-state index contributed by atoms with van der Waals surface area (Å²) in [6.45, 7) is 1.74. The van der Waals surface area contributed by atoms with E-state index in [0.29, 0.717) is 6.07 Å². The summed E-state index contributed by atoms with van der Waals surface area (Å²) in [5.74, 6) is -2.93. The third kappa shape index (κ3) is 5.45. The second-order valence-electron chi connectivity index (χ2n) is 6.58. The zero-order valence-electron chi connectivity index (χ0n) is 15.9. The number of piperidine rings is 1. The van der Waals surface area contributed by atoms with Gasteiger partial charge in [-0.3, -0.25) is 9.59 Å². The highest BCUT2D eigenvalue weighted by Crippen LogP contribution is 2.38. The Bertz CT molecular complexity index is 780. The number of hydrogen-bond acceptors (Lipinski definition) is 5. The molecule has 0 aromatic heterocycles. The Kier molecular flexibility index (Phi) is 7.21. The fourth-order valence-corrected chi connectivity index (χ4v) is 3.36. The van der Waals surface area contributed by atoms with E-state index in [9.17, 15) is 31.9 Å². The number of ether oxygens (including phenoxy) is 2. The zero-order valence-corrected chi connectivity index (χ0v) is 15.9. The minimum Gasteiger partial charge on any atom is -0.466 e. The van der Waals surface area contributed by atoms with Gasteiger partial charge in [0, 0.05) is 18.0 Å². The molecular formula is C19H21F4NO5. The number of alkyl halides is 3. The molecule has 6 nitrogen and oxygen atoms in total. The first kappa shape index (κ1) is 22.6. The topological polar surface area (TPSA) is 72.9 Å². The fourth-order valence-electron chi connectivity index (χ4n) is 3.36. The quantitative estimate of drug-likeness (QED) is 0.411. The molecule has 10 heteroatoms. The van der Waals surface area contributed by atoms with E-state index in [4.69, 9.17) is 4.74 Å². The monoisotopic (exact) mass is 419 g/mol. The van der Waals surface area contributed by atoms with Gasteiger partial charge in [-0.25, -0.2) is 9.18 Å². The second kappa shape index (κ2) is 9.23. The van der Waals surface area contributed by atoms with E-state index >= 15 is 0 Å². The summed E-state index contributed by atoms with van der Waals surface area (Å²) in [7, 11) is 1.13. The zero-order chi connectivity index (χ0) is 21.8. The SMILES string of the molecule is CCOC(=O)CC(=O)[C@@H]1CCN(C(=O)OC)[C@H](c2ccc(C(F)(F)F)cc2F)C1. The van der Waals surface area contributed by atoms with E-state index in [1.165, 1.54) is 4.90 Å². The first-order chi connectivity index (χ1) is 13.6. The molecule has 29 heavy (non-hydrogen) atoms. The molecule has 160 valence electrons. The molecule has 1 amide bonds. The molecule has 0 radical (unpaired) electrons. The van der Waals surface area contributed by atoms with E-state index in [-0.39, 0.29) is 31.6 Å². The van der Waals surface area contributed by atoms with Crippen molar-refractivity contribution in [3.05, 3.63) is 35.1 Å². The second-order valence-corrected chi connectivity index (χ2v) is 6.58. The van der Waals surface area contributed by atoms with Crippen molar-refractivity contribution < 1.29 is 41.4 Å². The van der Waals surface area contributed by atoms with Crippen LogP contribution in [0.5, 0.6) is 0 Å². The Morgan fingerprint density at radius 2 is 1.93 bits per heavy atom. The molecule has 1 aliphatic heterocycles. The minimum atomic E-state index is -4.72. The largest absolute Gasteiger partial charge is 0.466 e. The molecule has 1 aromatic carbocycles. The highest BCUT2D eigenvalue weighted by atomic mass is 19.4. The average Bonchev–Trinajstić information content (AvgIpc) is 2.66. The number of carbonyl (C=O) groups excluding carboxylic acids is 3. The minimum absolute atomic E-state index is 0.0248. The highest BCUT2D eigenvalue weighted by molar-refractivity contribution is 5.97. The molecule has 1 aromatic rings. The number of halogens is 4. The molecule has 0 unspecified atom stereocenters. The van der Waals surface area contributed by atoms with Crippen LogP contribution in [0.1, 0.15) is 43.4 Å². The van der Waals surface area contributed by atoms with Gasteiger partial charge in [0.15, 0.2) is 0 Å². The molecule has 0 N–H and O–H groups in total. The van der Waals surface area contributed by atoms with Gasteiger partial charge in [0.25, 0.3) is 0 Å². The molecule has 2 rings (SSSR count). The van der Waals surface area contributed by atoms with Gasteiger partial charge in [0.2, 0.25) is 0 Å². The van der Waals surface area contributed by atoms with Crippen LogP contribution in [0.25, 0.3) is 0 Å². The van der Waals surface area contributed by atoms with Crippen LogP contribution in [0.3, 0.4) is 0 Å². The Morgan fingerprint density at radius 3 is 2.48 bits per heavy atom. The van der Waals surface area contributed by atoms with Crippen molar-refractivity contribution in [3.63, 3.8) is 0 Å². The Balaban J connectivity index is 2.30. The van der Waals surface area contributed by atoms with Crippen LogP contribution in [-0.2, 0) is 25.2 Å². The van der Waals surface area contributed by atoms with E-state index in [2.05, 4.69) is 4.74 Å². The first-order valence-electron chi connectivity index (χ1n) is 8.98. The first-order valence-corrected chi connectivity index (χ1v) is 8.98. The molecule has 1 aliphatic rings. The van der Waals surface area contributed by atoms with Gasteiger partial charge in [0.1, 0.15) is 18.0 Å².